The molecule has 7 heteroatoms. The number of rotatable bonds is 3. The molecule has 4 nitrogen and oxygen atoms in total. The molecule has 5 atom stereocenters. The van der Waals surface area contributed by atoms with Gasteiger partial charge in [0, 0.05) is 37.2 Å². The maximum atomic E-state index is 14.9. The molecule has 35 heavy (non-hydrogen) atoms. The first-order valence-electron chi connectivity index (χ1n) is 12.3. The van der Waals surface area contributed by atoms with Crippen molar-refractivity contribution < 1.29 is 23.1 Å². The van der Waals surface area contributed by atoms with E-state index in [1.165, 1.54) is 24.3 Å². The molecule has 1 N–H and O–H groups in total. The van der Waals surface area contributed by atoms with Gasteiger partial charge in [0.05, 0.1) is 12.0 Å². The second kappa shape index (κ2) is 9.25. The number of nitrogens with zero attached hydrogens (tertiary/aromatic N) is 2. The molecule has 0 aliphatic carbocycles. The van der Waals surface area contributed by atoms with Crippen LogP contribution in [0.1, 0.15) is 58.1 Å². The third-order valence-corrected chi connectivity index (χ3v) is 8.20. The molecule has 2 fully saturated rings. The van der Waals surface area contributed by atoms with E-state index in [-0.39, 0.29) is 17.4 Å². The van der Waals surface area contributed by atoms with Gasteiger partial charge in [-0.05, 0) is 69.4 Å². The lowest BCUT2D eigenvalue weighted by atomic mass is 9.72. The summed E-state index contributed by atoms with van der Waals surface area (Å²) >= 11 is 0. The zero-order chi connectivity index (χ0) is 25.7. The van der Waals surface area contributed by atoms with Crippen LogP contribution in [0.25, 0.3) is 0 Å². The molecule has 2 aromatic rings. The largest absolute Gasteiger partial charge is 0.383 e. The van der Waals surface area contributed by atoms with Crippen molar-refractivity contribution in [2.75, 3.05) is 19.6 Å². The van der Waals surface area contributed by atoms with Gasteiger partial charge in [0.15, 0.2) is 0 Å². The van der Waals surface area contributed by atoms with Crippen molar-refractivity contribution in [1.29, 1.82) is 0 Å². The molecule has 4 rings (SSSR count). The lowest BCUT2D eigenvalue weighted by Gasteiger charge is -2.50. The van der Waals surface area contributed by atoms with E-state index >= 15 is 0 Å². The standard InChI is InChI=1S/C28H35F3N2O2/c1-17-12-13-33(18(2)28(17,35)19-6-8-20(29)9-7-19)26(34)24-16-32(27(3,4)5)15-23(24)22-11-10-21(30)14-25(22)31/h6-11,14,17-18,23-24,35H,12-13,15-16H2,1-5H3/t17-,18-,23-,24+,28-/m0/s1. The predicted molar refractivity (Wildman–Crippen MR) is 129 cm³/mol. The molecule has 2 aromatic carbocycles. The Morgan fingerprint density at radius 2 is 1.63 bits per heavy atom. The molecule has 2 aliphatic rings. The van der Waals surface area contributed by atoms with E-state index < -0.39 is 40.9 Å². The Morgan fingerprint density at radius 1 is 1.00 bits per heavy atom. The van der Waals surface area contributed by atoms with Gasteiger partial charge in [-0.25, -0.2) is 13.2 Å². The van der Waals surface area contributed by atoms with E-state index in [0.717, 1.165) is 6.07 Å². The van der Waals surface area contributed by atoms with Gasteiger partial charge >= 0.3 is 0 Å². The van der Waals surface area contributed by atoms with Crippen molar-refractivity contribution in [2.45, 2.75) is 64.1 Å². The van der Waals surface area contributed by atoms with Gasteiger partial charge in [0.25, 0.3) is 0 Å². The smallest absolute Gasteiger partial charge is 0.228 e. The molecule has 2 saturated heterocycles. The summed E-state index contributed by atoms with van der Waals surface area (Å²) in [7, 11) is 0. The number of hydrogen-bond donors (Lipinski definition) is 1. The molecule has 0 saturated carbocycles. The zero-order valence-corrected chi connectivity index (χ0v) is 21.1. The number of benzene rings is 2. The second-order valence-electron chi connectivity index (χ2n) is 11.2. The summed E-state index contributed by atoms with van der Waals surface area (Å²) in [6.07, 6.45) is 0.579. The summed E-state index contributed by atoms with van der Waals surface area (Å²) in [5.74, 6) is -2.96. The monoisotopic (exact) mass is 488 g/mol. The Morgan fingerprint density at radius 3 is 2.23 bits per heavy atom. The highest BCUT2D eigenvalue weighted by Crippen LogP contribution is 2.44. The molecule has 0 unspecified atom stereocenters. The molecule has 0 bridgehead atoms. The Balaban J connectivity index is 1.69. The second-order valence-corrected chi connectivity index (χ2v) is 11.2. The molecule has 2 heterocycles. The molecular weight excluding hydrogens is 453 g/mol. The minimum Gasteiger partial charge on any atom is -0.383 e. The number of halogens is 3. The van der Waals surface area contributed by atoms with E-state index in [1.54, 1.807) is 17.0 Å². The fourth-order valence-corrected chi connectivity index (χ4v) is 5.87. The average molecular weight is 489 g/mol. The summed E-state index contributed by atoms with van der Waals surface area (Å²) in [6.45, 7) is 11.3. The highest BCUT2D eigenvalue weighted by atomic mass is 19.1. The van der Waals surface area contributed by atoms with Crippen molar-refractivity contribution in [1.82, 2.24) is 9.80 Å². The molecular formula is C28H35F3N2O2. The summed E-state index contributed by atoms with van der Waals surface area (Å²) in [5, 5.41) is 11.8. The van der Waals surface area contributed by atoms with Gasteiger partial charge in [-0.2, -0.15) is 0 Å². The van der Waals surface area contributed by atoms with E-state index in [2.05, 4.69) is 25.7 Å². The van der Waals surface area contributed by atoms with Crippen molar-refractivity contribution in [3.8, 4) is 0 Å². The minimum atomic E-state index is -1.35. The molecule has 1 amide bonds. The normalized spacial score (nSPS) is 30.0. The quantitative estimate of drug-likeness (QED) is 0.657. The lowest BCUT2D eigenvalue weighted by molar-refractivity contribution is -0.159. The first-order chi connectivity index (χ1) is 16.3. The van der Waals surface area contributed by atoms with Gasteiger partial charge in [-0.1, -0.05) is 25.1 Å². The first-order valence-corrected chi connectivity index (χ1v) is 12.3. The number of carbonyl (C=O) groups excluding carboxylic acids is 1. The van der Waals surface area contributed by atoms with Gasteiger partial charge in [-0.3, -0.25) is 9.69 Å². The number of amides is 1. The molecule has 2 aliphatic heterocycles. The topological polar surface area (TPSA) is 43.8 Å². The van der Waals surface area contributed by atoms with E-state index in [1.807, 2.05) is 13.8 Å². The van der Waals surface area contributed by atoms with E-state index in [0.29, 0.717) is 37.2 Å². The van der Waals surface area contributed by atoms with E-state index in [9.17, 15) is 23.1 Å². The van der Waals surface area contributed by atoms with Crippen LogP contribution in [0, 0.1) is 29.3 Å². The Kier molecular flexibility index (Phi) is 6.79. The van der Waals surface area contributed by atoms with Crippen LogP contribution in [0.4, 0.5) is 13.2 Å². The van der Waals surface area contributed by atoms with Crippen LogP contribution >= 0.6 is 0 Å². The molecule has 0 radical (unpaired) electrons. The van der Waals surface area contributed by atoms with Crippen molar-refractivity contribution in [3.63, 3.8) is 0 Å². The number of hydrogen-bond acceptors (Lipinski definition) is 3. The van der Waals surface area contributed by atoms with Gasteiger partial charge < -0.3 is 10.0 Å². The molecule has 0 spiro atoms. The highest BCUT2D eigenvalue weighted by Gasteiger charge is 2.51. The van der Waals surface area contributed by atoms with Crippen LogP contribution in [0.2, 0.25) is 0 Å². The van der Waals surface area contributed by atoms with Crippen LogP contribution < -0.4 is 0 Å². The summed E-state index contributed by atoms with van der Waals surface area (Å²) in [5.41, 5.74) is -0.676. The van der Waals surface area contributed by atoms with Crippen molar-refractivity contribution >= 4 is 5.91 Å². The summed E-state index contributed by atoms with van der Waals surface area (Å²) in [4.78, 5) is 17.9. The third kappa shape index (κ3) is 4.60. The summed E-state index contributed by atoms with van der Waals surface area (Å²) < 4.78 is 42.1. The fraction of sp³-hybridized carbons (Fsp3) is 0.536. The minimum absolute atomic E-state index is 0.146. The Bertz CT molecular complexity index is 1080. The Hall–Kier alpha value is -2.38. The van der Waals surface area contributed by atoms with Gasteiger partial charge in [0.2, 0.25) is 5.91 Å². The van der Waals surface area contributed by atoms with Crippen molar-refractivity contribution in [2.24, 2.45) is 11.8 Å². The third-order valence-electron chi connectivity index (χ3n) is 8.20. The lowest BCUT2D eigenvalue weighted by Crippen LogP contribution is -2.60. The van der Waals surface area contributed by atoms with Crippen LogP contribution in [0.15, 0.2) is 42.5 Å². The number of likely N-dealkylation sites (tertiary alicyclic amines) is 2. The number of carbonyl (C=O) groups is 1. The van der Waals surface area contributed by atoms with Crippen molar-refractivity contribution in [3.05, 3.63) is 71.0 Å². The van der Waals surface area contributed by atoms with Crippen LogP contribution in [-0.4, -0.2) is 52.0 Å². The zero-order valence-electron chi connectivity index (χ0n) is 21.1. The van der Waals surface area contributed by atoms with Crippen LogP contribution in [-0.2, 0) is 10.4 Å². The maximum absolute atomic E-state index is 14.9. The highest BCUT2D eigenvalue weighted by molar-refractivity contribution is 5.81. The summed E-state index contributed by atoms with van der Waals surface area (Å²) in [6, 6.07) is 8.77. The van der Waals surface area contributed by atoms with Crippen LogP contribution in [0.3, 0.4) is 0 Å². The molecule has 0 aromatic heterocycles. The molecule has 190 valence electrons. The first kappa shape index (κ1) is 25.7. The Labute approximate surface area is 205 Å². The fourth-order valence-electron chi connectivity index (χ4n) is 5.87. The number of piperidine rings is 1. The van der Waals surface area contributed by atoms with Gasteiger partial charge in [0.1, 0.15) is 23.1 Å². The van der Waals surface area contributed by atoms with Gasteiger partial charge in [-0.15, -0.1) is 0 Å². The SMILES string of the molecule is C[C@@H]1N(C(=O)[C@@H]2CN(C(C)(C)C)C[C@H]2c2ccc(F)cc2F)CC[C@H](C)[C@@]1(O)c1ccc(F)cc1. The average Bonchev–Trinajstić information content (AvgIpc) is 3.23. The van der Waals surface area contributed by atoms with Crippen LogP contribution in [0.5, 0.6) is 0 Å². The maximum Gasteiger partial charge on any atom is 0.228 e. The van der Waals surface area contributed by atoms with E-state index in [4.69, 9.17) is 0 Å². The predicted octanol–water partition coefficient (Wildman–Crippen LogP) is 5.06. The number of aliphatic hydroxyl groups is 1.